The molecular formula is C68H40O. The molecule has 0 aliphatic heterocycles. The molecule has 0 radical (unpaired) electrons. The Kier molecular flexibility index (Phi) is 18.1. The summed E-state index contributed by atoms with van der Waals surface area (Å²) in [5.41, 5.74) is 8.64. The Morgan fingerprint density at radius 3 is 0.797 bits per heavy atom. The summed E-state index contributed by atoms with van der Waals surface area (Å²) < 4.78 is 5.64. The molecular weight excluding hydrogens is 833 g/mol. The van der Waals surface area contributed by atoms with Crippen molar-refractivity contribution in [2.75, 3.05) is 0 Å². The Hall–Kier alpha value is -10.8. The quantitative estimate of drug-likeness (QED) is 0.124. The van der Waals surface area contributed by atoms with Gasteiger partial charge in [-0.2, -0.15) is 0 Å². The molecule has 0 fully saturated rings. The minimum absolute atomic E-state index is 0.748. The molecule has 0 amide bonds. The van der Waals surface area contributed by atoms with Crippen molar-refractivity contribution in [3.8, 4) is 135 Å². The first-order valence-corrected chi connectivity index (χ1v) is 21.0. The lowest BCUT2D eigenvalue weighted by Crippen LogP contribution is -1.89. The maximum absolute atomic E-state index is 5.67. The van der Waals surface area contributed by atoms with E-state index in [0.29, 0.717) is 0 Å². The van der Waals surface area contributed by atoms with Crippen LogP contribution in [0.3, 0.4) is 0 Å². The molecule has 0 aliphatic rings. The first kappa shape index (κ1) is 49.2. The Labute approximate surface area is 407 Å². The topological polar surface area (TPSA) is 9.23 Å². The summed E-state index contributed by atoms with van der Waals surface area (Å²) in [5.74, 6) is 27.4. The molecule has 0 spiro atoms. The zero-order chi connectivity index (χ0) is 49.4. The van der Waals surface area contributed by atoms with Crippen molar-refractivity contribution in [2.45, 2.75) is 0 Å². The number of hydrogen-bond donors (Lipinski definition) is 0. The minimum Gasteiger partial charge on any atom is -0.457 e. The lowest BCUT2D eigenvalue weighted by molar-refractivity contribution is 0.482. The van der Waals surface area contributed by atoms with Crippen LogP contribution in [0, 0.1) is 123 Å². The van der Waals surface area contributed by atoms with Crippen molar-refractivity contribution >= 4 is 32.3 Å². The number of terminal acetylenes is 10. The van der Waals surface area contributed by atoms with Gasteiger partial charge in [-0.25, -0.2) is 0 Å². The molecule has 69 heavy (non-hydrogen) atoms. The lowest BCUT2D eigenvalue weighted by Gasteiger charge is -2.10. The van der Waals surface area contributed by atoms with Crippen LogP contribution in [0.4, 0.5) is 0 Å². The summed E-state index contributed by atoms with van der Waals surface area (Å²) >= 11 is 0. The molecule has 1 heteroatoms. The van der Waals surface area contributed by atoms with Crippen LogP contribution < -0.4 is 4.74 Å². The monoisotopic (exact) mass is 872 g/mol. The smallest absolute Gasteiger partial charge is 0.127 e. The van der Waals surface area contributed by atoms with E-state index in [2.05, 4.69) is 59.2 Å². The third-order valence-corrected chi connectivity index (χ3v) is 10.1. The Morgan fingerprint density at radius 2 is 0.507 bits per heavy atom. The molecule has 0 atom stereocenters. The van der Waals surface area contributed by atoms with E-state index in [1.54, 1.807) is 6.07 Å². The molecule has 0 heterocycles. The summed E-state index contributed by atoms with van der Waals surface area (Å²) in [7, 11) is 0. The molecule has 9 aromatic rings. The molecule has 1 nitrogen and oxygen atoms in total. The van der Waals surface area contributed by atoms with Gasteiger partial charge in [0.25, 0.3) is 0 Å². The second-order valence-electron chi connectivity index (χ2n) is 14.4. The minimum atomic E-state index is 0.748. The second-order valence-corrected chi connectivity index (χ2v) is 14.4. The van der Waals surface area contributed by atoms with Crippen molar-refractivity contribution in [1.29, 1.82) is 0 Å². The Balaban J connectivity index is 0.000000164. The van der Waals surface area contributed by atoms with E-state index in [1.165, 1.54) is 0 Å². The molecule has 0 aliphatic carbocycles. The summed E-state index contributed by atoms with van der Waals surface area (Å²) in [4.78, 5) is 0. The van der Waals surface area contributed by atoms with Gasteiger partial charge in [-0.3, -0.25) is 0 Å². The van der Waals surface area contributed by atoms with Gasteiger partial charge in [0.1, 0.15) is 11.5 Å². The van der Waals surface area contributed by atoms with Crippen LogP contribution in [0.1, 0.15) is 55.6 Å². The maximum Gasteiger partial charge on any atom is 0.127 e. The van der Waals surface area contributed by atoms with Crippen LogP contribution >= 0.6 is 0 Å². The molecule has 0 saturated heterocycles. The number of fused-ring (bicyclic) bond motifs is 3. The van der Waals surface area contributed by atoms with Crippen LogP contribution in [0.15, 0.2) is 182 Å². The average Bonchev–Trinajstić information content (AvgIpc) is 3.43. The zero-order valence-corrected chi connectivity index (χ0v) is 37.5. The number of ether oxygens (including phenoxy) is 1. The molecule has 0 N–H and O–H groups in total. The van der Waals surface area contributed by atoms with Crippen molar-refractivity contribution < 1.29 is 4.74 Å². The van der Waals surface area contributed by atoms with E-state index in [0.717, 1.165) is 99.5 Å². The van der Waals surface area contributed by atoms with Crippen molar-refractivity contribution in [3.05, 3.63) is 238 Å². The van der Waals surface area contributed by atoms with E-state index in [4.69, 9.17) is 69.0 Å². The fraction of sp³-hybridized carbons (Fsp3) is 0. The highest BCUT2D eigenvalue weighted by molar-refractivity contribution is 6.09. The normalized spacial score (nSPS) is 9.01. The predicted octanol–water partition coefficient (Wildman–Crippen LogP) is 13.5. The third kappa shape index (κ3) is 13.6. The Morgan fingerprint density at radius 1 is 0.232 bits per heavy atom. The molecule has 9 rings (SSSR count). The SMILES string of the molecule is C#Cc1c2ccccc2c(C#C)c2ccccc12.C#Cc1ccc(C#C)cc1.C#Cc1ccc(Oc2ccc(C#C)cc2)cc1.C#Cc1ccc2ccc(C#C)cc2c1.C#Cc1cccc(C#C)c1. The van der Waals surface area contributed by atoms with Gasteiger partial charge < -0.3 is 4.74 Å². The van der Waals surface area contributed by atoms with Gasteiger partial charge in [0, 0.05) is 55.6 Å². The van der Waals surface area contributed by atoms with E-state index >= 15 is 0 Å². The van der Waals surface area contributed by atoms with Crippen LogP contribution in [0.5, 0.6) is 11.5 Å². The molecule has 9 aromatic carbocycles. The zero-order valence-electron chi connectivity index (χ0n) is 37.5. The third-order valence-electron chi connectivity index (χ3n) is 10.1. The molecule has 0 aromatic heterocycles. The van der Waals surface area contributed by atoms with Crippen LogP contribution in [0.25, 0.3) is 32.3 Å². The van der Waals surface area contributed by atoms with E-state index in [1.807, 2.05) is 176 Å². The number of benzene rings is 9. The van der Waals surface area contributed by atoms with Crippen LogP contribution in [-0.4, -0.2) is 0 Å². The second kappa shape index (κ2) is 25.5. The highest BCUT2D eigenvalue weighted by Gasteiger charge is 2.10. The van der Waals surface area contributed by atoms with Crippen molar-refractivity contribution in [2.24, 2.45) is 0 Å². The predicted molar refractivity (Wildman–Crippen MR) is 291 cm³/mol. The maximum atomic E-state index is 5.67. The standard InChI is InChI=1S/C18H10.C16H10O.C14H8.2C10H6/c1-3-13-15-9-5-7-11-17(15)14(4-2)18-12-8-6-10-16(13)18;1-3-13-5-9-15(10-6-13)17-16-11-7-14(4-2)8-12-16;1-3-11-5-7-13-8-6-12(4-2)10-14(13)9-11;1-3-9-5-7-10(4-2)8-6-9;1-3-9-6-5-7-10(4-2)8-9/h1-2,5-12H;1-2,5-12H;1-2,5-10H;2*1-2,5-8H. The average molecular weight is 873 g/mol. The molecule has 318 valence electrons. The van der Waals surface area contributed by atoms with Gasteiger partial charge in [0.05, 0.1) is 0 Å². The Bertz CT molecular complexity index is 3420. The van der Waals surface area contributed by atoms with Crippen molar-refractivity contribution in [1.82, 2.24) is 0 Å². The van der Waals surface area contributed by atoms with Gasteiger partial charge in [-0.1, -0.05) is 126 Å². The number of hydrogen-bond acceptors (Lipinski definition) is 1. The summed E-state index contributed by atoms with van der Waals surface area (Å²) in [6.07, 6.45) is 53.1. The molecule has 0 bridgehead atoms. The first-order valence-electron chi connectivity index (χ1n) is 21.0. The first-order chi connectivity index (χ1) is 33.7. The highest BCUT2D eigenvalue weighted by Crippen LogP contribution is 2.32. The fourth-order valence-corrected chi connectivity index (χ4v) is 6.60. The van der Waals surface area contributed by atoms with Gasteiger partial charge in [0.15, 0.2) is 0 Å². The van der Waals surface area contributed by atoms with Gasteiger partial charge in [-0.15, -0.1) is 64.2 Å². The van der Waals surface area contributed by atoms with E-state index in [9.17, 15) is 0 Å². The van der Waals surface area contributed by atoms with Gasteiger partial charge in [-0.05, 0) is 148 Å². The molecule has 0 saturated carbocycles. The summed E-state index contributed by atoms with van der Waals surface area (Å²) in [6, 6.07) is 57.2. The fourth-order valence-electron chi connectivity index (χ4n) is 6.60. The summed E-state index contributed by atoms with van der Waals surface area (Å²) in [6.45, 7) is 0. The van der Waals surface area contributed by atoms with Gasteiger partial charge >= 0.3 is 0 Å². The highest BCUT2D eigenvalue weighted by atomic mass is 16.5. The largest absolute Gasteiger partial charge is 0.457 e. The van der Waals surface area contributed by atoms with Crippen LogP contribution in [0.2, 0.25) is 0 Å². The van der Waals surface area contributed by atoms with E-state index < -0.39 is 0 Å². The van der Waals surface area contributed by atoms with E-state index in [-0.39, 0.29) is 0 Å². The van der Waals surface area contributed by atoms with Crippen molar-refractivity contribution in [3.63, 3.8) is 0 Å². The summed E-state index contributed by atoms with van der Waals surface area (Å²) in [5, 5.41) is 6.44. The number of rotatable bonds is 2. The van der Waals surface area contributed by atoms with Crippen LogP contribution in [-0.2, 0) is 0 Å². The lowest BCUT2D eigenvalue weighted by atomic mass is 9.92. The van der Waals surface area contributed by atoms with Gasteiger partial charge in [0.2, 0.25) is 0 Å². The molecule has 0 unspecified atom stereocenters.